The summed E-state index contributed by atoms with van der Waals surface area (Å²) in [5, 5.41) is 2.80. The number of benzene rings is 2. The summed E-state index contributed by atoms with van der Waals surface area (Å²) in [6.07, 6.45) is 0.323. The van der Waals surface area contributed by atoms with Gasteiger partial charge in [0.15, 0.2) is 0 Å². The summed E-state index contributed by atoms with van der Waals surface area (Å²) in [5.74, 6) is -0.811. The van der Waals surface area contributed by atoms with Gasteiger partial charge in [0, 0.05) is 29.9 Å². The van der Waals surface area contributed by atoms with Crippen LogP contribution in [0.25, 0.3) is 11.1 Å². The first kappa shape index (κ1) is 20.0. The molecule has 1 aliphatic heterocycles. The largest absolute Gasteiger partial charge is 0.487 e. The predicted molar refractivity (Wildman–Crippen MR) is 102 cm³/mol. The van der Waals surface area contributed by atoms with Crippen LogP contribution in [0.15, 0.2) is 30.3 Å². The van der Waals surface area contributed by atoms with E-state index in [1.54, 1.807) is 26.0 Å². The van der Waals surface area contributed by atoms with E-state index < -0.39 is 5.92 Å². The number of hydrogen-bond donors (Lipinski definition) is 1. The smallest absolute Gasteiger partial charge is 0.223 e. The standard InChI is InChI=1S/C22H23F2NO3/c1-12-7-15(4-5-20(12)24)19-10-17(23)8-16-9-18(28-21(16)19)11-25-22(27)13(2)6-14(3)26/h4-5,7-8,10,13,18H,6,9,11H2,1-3H3,(H,25,27). The van der Waals surface area contributed by atoms with E-state index in [1.165, 1.54) is 25.1 Å². The lowest BCUT2D eigenvalue weighted by molar-refractivity contribution is -0.128. The van der Waals surface area contributed by atoms with Crippen molar-refractivity contribution in [2.45, 2.75) is 39.7 Å². The molecule has 0 aliphatic carbocycles. The van der Waals surface area contributed by atoms with Crippen LogP contribution in [0.5, 0.6) is 5.75 Å². The maximum absolute atomic E-state index is 14.1. The van der Waals surface area contributed by atoms with Crippen LogP contribution in [0.1, 0.15) is 31.4 Å². The molecule has 2 aromatic rings. The first-order valence-corrected chi connectivity index (χ1v) is 9.27. The highest BCUT2D eigenvalue weighted by Gasteiger charge is 2.28. The second-order valence-corrected chi connectivity index (χ2v) is 7.40. The molecule has 1 amide bonds. The average molecular weight is 387 g/mol. The van der Waals surface area contributed by atoms with Crippen LogP contribution in [-0.2, 0) is 16.0 Å². The molecule has 2 unspecified atom stereocenters. The number of Topliss-reactive ketones (excluding diaryl/α,β-unsaturated/α-hetero) is 1. The molecule has 0 saturated heterocycles. The summed E-state index contributed by atoms with van der Waals surface area (Å²) in [6, 6.07) is 7.41. The summed E-state index contributed by atoms with van der Waals surface area (Å²) >= 11 is 0. The molecule has 0 saturated carbocycles. The minimum atomic E-state index is -0.406. The minimum Gasteiger partial charge on any atom is -0.487 e. The molecule has 0 aromatic heterocycles. The number of hydrogen-bond acceptors (Lipinski definition) is 3. The highest BCUT2D eigenvalue weighted by atomic mass is 19.1. The second kappa shape index (κ2) is 8.09. The molecule has 4 nitrogen and oxygen atoms in total. The maximum Gasteiger partial charge on any atom is 0.223 e. The Balaban J connectivity index is 1.74. The van der Waals surface area contributed by atoms with Crippen LogP contribution in [0.2, 0.25) is 0 Å². The molecule has 148 valence electrons. The van der Waals surface area contributed by atoms with Crippen molar-refractivity contribution in [2.24, 2.45) is 5.92 Å². The summed E-state index contributed by atoms with van der Waals surface area (Å²) < 4.78 is 33.7. The van der Waals surface area contributed by atoms with Crippen molar-refractivity contribution in [2.75, 3.05) is 6.54 Å². The van der Waals surface area contributed by atoms with Crippen LogP contribution in [0.4, 0.5) is 8.78 Å². The van der Waals surface area contributed by atoms with Gasteiger partial charge in [0.05, 0.1) is 6.54 Å². The number of rotatable bonds is 6. The van der Waals surface area contributed by atoms with Crippen LogP contribution < -0.4 is 10.1 Å². The Labute approximate surface area is 162 Å². The lowest BCUT2D eigenvalue weighted by Crippen LogP contribution is -2.37. The van der Waals surface area contributed by atoms with Crippen molar-refractivity contribution in [3.05, 3.63) is 53.1 Å². The first-order chi connectivity index (χ1) is 13.2. The van der Waals surface area contributed by atoms with E-state index in [0.29, 0.717) is 34.4 Å². The summed E-state index contributed by atoms with van der Waals surface area (Å²) in [6.45, 7) is 5.07. The zero-order valence-corrected chi connectivity index (χ0v) is 16.1. The maximum atomic E-state index is 14.1. The van der Waals surface area contributed by atoms with Gasteiger partial charge >= 0.3 is 0 Å². The number of aryl methyl sites for hydroxylation is 1. The fourth-order valence-electron chi connectivity index (χ4n) is 3.45. The average Bonchev–Trinajstić information content (AvgIpc) is 3.03. The summed E-state index contributed by atoms with van der Waals surface area (Å²) in [5.41, 5.74) is 2.43. The molecule has 1 aliphatic rings. The fraction of sp³-hybridized carbons (Fsp3) is 0.364. The van der Waals surface area contributed by atoms with E-state index in [0.717, 1.165) is 0 Å². The number of ketones is 1. The number of carbonyl (C=O) groups is 2. The second-order valence-electron chi connectivity index (χ2n) is 7.40. The summed E-state index contributed by atoms with van der Waals surface area (Å²) in [4.78, 5) is 23.3. The zero-order valence-electron chi connectivity index (χ0n) is 16.1. The van der Waals surface area contributed by atoms with Gasteiger partial charge in [0.25, 0.3) is 0 Å². The molecule has 1 N–H and O–H groups in total. The third kappa shape index (κ3) is 4.38. The van der Waals surface area contributed by atoms with Gasteiger partial charge in [0.1, 0.15) is 29.3 Å². The van der Waals surface area contributed by atoms with E-state index in [9.17, 15) is 18.4 Å². The number of ether oxygens (including phenoxy) is 1. The summed E-state index contributed by atoms with van der Waals surface area (Å²) in [7, 11) is 0. The normalized spacial score (nSPS) is 16.2. The Hall–Kier alpha value is -2.76. The number of amides is 1. The Morgan fingerprint density at radius 2 is 2.00 bits per heavy atom. The molecule has 0 bridgehead atoms. The van der Waals surface area contributed by atoms with Crippen LogP contribution in [0.3, 0.4) is 0 Å². The van der Waals surface area contributed by atoms with E-state index >= 15 is 0 Å². The Morgan fingerprint density at radius 1 is 1.25 bits per heavy atom. The molecule has 0 radical (unpaired) electrons. The lowest BCUT2D eigenvalue weighted by atomic mass is 9.98. The molecule has 0 fully saturated rings. The number of halogens is 2. The molecular weight excluding hydrogens is 364 g/mol. The van der Waals surface area contributed by atoms with Gasteiger partial charge in [-0.2, -0.15) is 0 Å². The Kier molecular flexibility index (Phi) is 5.77. The molecule has 1 heterocycles. The van der Waals surface area contributed by atoms with Crippen molar-refractivity contribution in [3.8, 4) is 16.9 Å². The molecule has 28 heavy (non-hydrogen) atoms. The molecular formula is C22H23F2NO3. The fourth-order valence-corrected chi connectivity index (χ4v) is 3.45. The van der Waals surface area contributed by atoms with Crippen molar-refractivity contribution in [1.82, 2.24) is 5.32 Å². The van der Waals surface area contributed by atoms with Crippen molar-refractivity contribution < 1.29 is 23.1 Å². The minimum absolute atomic E-state index is 0.0399. The van der Waals surface area contributed by atoms with Gasteiger partial charge < -0.3 is 14.8 Å². The van der Waals surface area contributed by atoms with Gasteiger partial charge in [0.2, 0.25) is 5.91 Å². The number of carbonyl (C=O) groups excluding carboxylic acids is 2. The van der Waals surface area contributed by atoms with E-state index in [4.69, 9.17) is 4.74 Å². The quantitative estimate of drug-likeness (QED) is 0.816. The Bertz CT molecular complexity index is 926. The molecule has 2 atom stereocenters. The van der Waals surface area contributed by atoms with Gasteiger partial charge in [-0.3, -0.25) is 4.79 Å². The van der Waals surface area contributed by atoms with Gasteiger partial charge in [-0.1, -0.05) is 13.0 Å². The van der Waals surface area contributed by atoms with Gasteiger partial charge in [-0.05, 0) is 49.2 Å². The zero-order chi connectivity index (χ0) is 20.4. The van der Waals surface area contributed by atoms with Crippen molar-refractivity contribution >= 4 is 11.7 Å². The molecule has 0 spiro atoms. The van der Waals surface area contributed by atoms with Gasteiger partial charge in [-0.25, -0.2) is 8.78 Å². The van der Waals surface area contributed by atoms with Crippen molar-refractivity contribution in [3.63, 3.8) is 0 Å². The molecule has 6 heteroatoms. The Morgan fingerprint density at radius 3 is 2.68 bits per heavy atom. The monoisotopic (exact) mass is 387 g/mol. The van der Waals surface area contributed by atoms with E-state index in [-0.39, 0.29) is 42.4 Å². The highest BCUT2D eigenvalue weighted by Crippen LogP contribution is 2.40. The van der Waals surface area contributed by atoms with Gasteiger partial charge in [-0.15, -0.1) is 0 Å². The first-order valence-electron chi connectivity index (χ1n) is 9.27. The SMILES string of the molecule is CC(=O)CC(C)C(=O)NCC1Cc2cc(F)cc(-c3ccc(F)c(C)c3)c2O1. The van der Waals surface area contributed by atoms with E-state index in [1.807, 2.05) is 0 Å². The lowest BCUT2D eigenvalue weighted by Gasteiger charge is -2.16. The molecule has 2 aromatic carbocycles. The van der Waals surface area contributed by atoms with Crippen LogP contribution >= 0.6 is 0 Å². The highest BCUT2D eigenvalue weighted by molar-refractivity contribution is 5.85. The number of fused-ring (bicyclic) bond motifs is 1. The predicted octanol–water partition coefficient (Wildman–Crippen LogP) is 3.98. The third-order valence-electron chi connectivity index (χ3n) is 4.88. The van der Waals surface area contributed by atoms with Crippen molar-refractivity contribution in [1.29, 1.82) is 0 Å². The third-order valence-corrected chi connectivity index (χ3v) is 4.88. The topological polar surface area (TPSA) is 55.4 Å². The van der Waals surface area contributed by atoms with Crippen LogP contribution in [0, 0.1) is 24.5 Å². The molecule has 3 rings (SSSR count). The number of nitrogens with one attached hydrogen (secondary N) is 1. The van der Waals surface area contributed by atoms with Crippen LogP contribution in [-0.4, -0.2) is 24.3 Å². The van der Waals surface area contributed by atoms with E-state index in [2.05, 4.69) is 5.32 Å².